The number of halogens is 1. The van der Waals surface area contributed by atoms with Crippen molar-refractivity contribution < 1.29 is 13.9 Å². The number of rotatable bonds is 3. The smallest absolute Gasteiger partial charge is 0.261 e. The minimum atomic E-state index is -0.546. The molecule has 1 fully saturated rings. The Bertz CT molecular complexity index is 1250. The molecule has 1 amide bonds. The van der Waals surface area contributed by atoms with Crippen LogP contribution in [0, 0.1) is 5.82 Å². The second kappa shape index (κ2) is 7.90. The molecule has 1 aromatic carbocycles. The molecule has 0 radical (unpaired) electrons. The number of hydrogen-bond acceptors (Lipinski definition) is 6. The van der Waals surface area contributed by atoms with Crippen LogP contribution in [-0.2, 0) is 0 Å². The summed E-state index contributed by atoms with van der Waals surface area (Å²) >= 11 is 0. The zero-order valence-corrected chi connectivity index (χ0v) is 18.0. The number of carbonyl (C=O) groups excluding carboxylic acids is 1. The lowest BCUT2D eigenvalue weighted by molar-refractivity contribution is 0.102. The fourth-order valence-electron chi connectivity index (χ4n) is 4.33. The molecule has 1 saturated heterocycles. The van der Waals surface area contributed by atoms with Crippen molar-refractivity contribution in [2.45, 2.75) is 13.0 Å². The van der Waals surface area contributed by atoms with Gasteiger partial charge in [-0.1, -0.05) is 0 Å². The molecule has 0 bridgehead atoms. The quantitative estimate of drug-likeness (QED) is 0.678. The van der Waals surface area contributed by atoms with Gasteiger partial charge in [0.25, 0.3) is 5.91 Å². The van der Waals surface area contributed by atoms with Crippen molar-refractivity contribution in [2.75, 3.05) is 50.1 Å². The van der Waals surface area contributed by atoms with Crippen LogP contribution < -0.4 is 20.4 Å². The first-order valence-electron chi connectivity index (χ1n) is 10.6. The van der Waals surface area contributed by atoms with E-state index in [1.165, 1.54) is 6.07 Å². The molecule has 2 aromatic heterocycles. The van der Waals surface area contributed by atoms with Gasteiger partial charge in [-0.05, 0) is 32.2 Å². The zero-order chi connectivity index (χ0) is 22.4. The van der Waals surface area contributed by atoms with Crippen LogP contribution >= 0.6 is 0 Å². The van der Waals surface area contributed by atoms with Gasteiger partial charge in [-0.3, -0.25) is 14.6 Å². The summed E-state index contributed by atoms with van der Waals surface area (Å²) in [5.74, 6) is -0.682. The van der Waals surface area contributed by atoms with Crippen molar-refractivity contribution >= 4 is 28.2 Å². The summed E-state index contributed by atoms with van der Waals surface area (Å²) in [4.78, 5) is 34.2. The highest BCUT2D eigenvalue weighted by Gasteiger charge is 2.31. The Hall–Kier alpha value is -3.46. The summed E-state index contributed by atoms with van der Waals surface area (Å²) in [5.41, 5.74) is 0.882. The molecule has 0 aliphatic carbocycles. The molecule has 32 heavy (non-hydrogen) atoms. The second-order valence-corrected chi connectivity index (χ2v) is 8.35. The SMILES string of the molecule is C[C@H]1COc2c(N3CCN(C)CC3)c(F)cc3c(=O)c(C(=O)Nc4ccncc4)cn1c23. The maximum Gasteiger partial charge on any atom is 0.261 e. The number of carbonyl (C=O) groups is 1. The van der Waals surface area contributed by atoms with Crippen LogP contribution in [0.25, 0.3) is 10.9 Å². The highest BCUT2D eigenvalue weighted by Crippen LogP contribution is 2.42. The molecule has 2 aliphatic rings. The molecule has 4 heterocycles. The van der Waals surface area contributed by atoms with Crippen molar-refractivity contribution in [2.24, 2.45) is 0 Å². The Balaban J connectivity index is 1.65. The van der Waals surface area contributed by atoms with Crippen LogP contribution in [0.1, 0.15) is 23.3 Å². The third kappa shape index (κ3) is 3.38. The highest BCUT2D eigenvalue weighted by molar-refractivity contribution is 6.06. The normalized spacial score (nSPS) is 18.5. The fourth-order valence-corrected chi connectivity index (χ4v) is 4.33. The van der Waals surface area contributed by atoms with Crippen molar-refractivity contribution in [1.29, 1.82) is 0 Å². The van der Waals surface area contributed by atoms with Gasteiger partial charge in [0.15, 0.2) is 11.6 Å². The van der Waals surface area contributed by atoms with Gasteiger partial charge in [-0.25, -0.2) is 4.39 Å². The van der Waals surface area contributed by atoms with Crippen LogP contribution in [0.5, 0.6) is 5.75 Å². The predicted molar refractivity (Wildman–Crippen MR) is 120 cm³/mol. The van der Waals surface area contributed by atoms with E-state index >= 15 is 4.39 Å². The Labute approximate surface area is 184 Å². The monoisotopic (exact) mass is 437 g/mol. The van der Waals surface area contributed by atoms with Crippen LogP contribution in [0.4, 0.5) is 15.8 Å². The number of pyridine rings is 2. The molecule has 2 aliphatic heterocycles. The standard InChI is InChI=1S/C23H24FN5O3/c1-14-13-32-22-19-16(11-18(24)20(22)28-9-7-27(2)8-10-28)21(30)17(12-29(14)19)23(31)26-15-3-5-25-6-4-15/h3-6,11-12,14H,7-10,13H2,1-2H3,(H,25,26,31)/t14-/m0/s1. The summed E-state index contributed by atoms with van der Waals surface area (Å²) in [7, 11) is 2.03. The van der Waals surface area contributed by atoms with E-state index in [2.05, 4.69) is 15.2 Å². The Kier molecular flexibility index (Phi) is 5.05. The Morgan fingerprint density at radius 2 is 1.94 bits per heavy atom. The summed E-state index contributed by atoms with van der Waals surface area (Å²) in [6.45, 7) is 5.22. The maximum atomic E-state index is 15.4. The minimum absolute atomic E-state index is 0.0410. The number of likely N-dealkylation sites (N-methyl/N-ethyl adjacent to an activating group) is 1. The first kappa shape index (κ1) is 20.4. The van der Waals surface area contributed by atoms with E-state index in [0.29, 0.717) is 42.3 Å². The summed E-state index contributed by atoms with van der Waals surface area (Å²) in [6, 6.07) is 4.40. The van der Waals surface area contributed by atoms with Crippen LogP contribution in [0.15, 0.2) is 41.6 Å². The number of anilines is 2. The first-order valence-corrected chi connectivity index (χ1v) is 10.6. The topological polar surface area (TPSA) is 79.7 Å². The van der Waals surface area contributed by atoms with E-state index in [9.17, 15) is 9.59 Å². The van der Waals surface area contributed by atoms with Crippen molar-refractivity contribution in [1.82, 2.24) is 14.5 Å². The van der Waals surface area contributed by atoms with E-state index in [-0.39, 0.29) is 17.0 Å². The number of amides is 1. The molecule has 8 nitrogen and oxygen atoms in total. The Morgan fingerprint density at radius 3 is 2.66 bits per heavy atom. The second-order valence-electron chi connectivity index (χ2n) is 8.35. The largest absolute Gasteiger partial charge is 0.487 e. The summed E-state index contributed by atoms with van der Waals surface area (Å²) in [6.07, 6.45) is 4.66. The number of nitrogens with zero attached hydrogens (tertiary/aromatic N) is 4. The summed E-state index contributed by atoms with van der Waals surface area (Å²) in [5, 5.41) is 2.86. The molecule has 0 spiro atoms. The van der Waals surface area contributed by atoms with E-state index in [0.717, 1.165) is 13.1 Å². The van der Waals surface area contributed by atoms with Crippen LogP contribution in [-0.4, -0.2) is 60.2 Å². The minimum Gasteiger partial charge on any atom is -0.487 e. The third-order valence-electron chi connectivity index (χ3n) is 6.14. The van der Waals surface area contributed by atoms with Gasteiger partial charge in [0.2, 0.25) is 5.43 Å². The lowest BCUT2D eigenvalue weighted by Crippen LogP contribution is -2.45. The molecule has 9 heteroatoms. The number of benzene rings is 1. The van der Waals surface area contributed by atoms with Gasteiger partial charge in [0.1, 0.15) is 17.9 Å². The van der Waals surface area contributed by atoms with Crippen molar-refractivity contribution in [3.05, 3.63) is 58.4 Å². The molecule has 0 saturated carbocycles. The van der Waals surface area contributed by atoms with Gasteiger partial charge in [0, 0.05) is 50.5 Å². The van der Waals surface area contributed by atoms with Crippen LogP contribution in [0.3, 0.4) is 0 Å². The average Bonchev–Trinajstić information content (AvgIpc) is 2.79. The molecular formula is C23H24FN5O3. The molecule has 3 aromatic rings. The summed E-state index contributed by atoms with van der Waals surface area (Å²) < 4.78 is 23.2. The first-order chi connectivity index (χ1) is 15.4. The predicted octanol–water partition coefficient (Wildman–Crippen LogP) is 2.49. The zero-order valence-electron chi connectivity index (χ0n) is 18.0. The molecule has 1 N–H and O–H groups in total. The fraction of sp³-hybridized carbons (Fsp3) is 0.348. The van der Waals surface area contributed by atoms with E-state index < -0.39 is 17.2 Å². The van der Waals surface area contributed by atoms with Gasteiger partial charge in [-0.15, -0.1) is 0 Å². The number of aromatic nitrogens is 2. The molecule has 0 unspecified atom stereocenters. The number of piperazine rings is 1. The molecule has 5 rings (SSSR count). The lowest BCUT2D eigenvalue weighted by Gasteiger charge is -2.37. The van der Waals surface area contributed by atoms with Gasteiger partial charge < -0.3 is 24.4 Å². The van der Waals surface area contributed by atoms with Crippen molar-refractivity contribution in [3.63, 3.8) is 0 Å². The number of ether oxygens (including phenoxy) is 1. The average molecular weight is 437 g/mol. The molecule has 166 valence electrons. The number of nitrogens with one attached hydrogen (secondary N) is 1. The van der Waals surface area contributed by atoms with Gasteiger partial charge in [-0.2, -0.15) is 0 Å². The Morgan fingerprint density at radius 1 is 1.22 bits per heavy atom. The number of hydrogen-bond donors (Lipinski definition) is 1. The molecule has 1 atom stereocenters. The van der Waals surface area contributed by atoms with Crippen molar-refractivity contribution in [3.8, 4) is 5.75 Å². The van der Waals surface area contributed by atoms with Crippen LogP contribution in [0.2, 0.25) is 0 Å². The lowest BCUT2D eigenvalue weighted by atomic mass is 10.0. The highest BCUT2D eigenvalue weighted by atomic mass is 19.1. The maximum absolute atomic E-state index is 15.4. The third-order valence-corrected chi connectivity index (χ3v) is 6.14. The van der Waals surface area contributed by atoms with E-state index in [1.807, 2.05) is 23.4 Å². The van der Waals surface area contributed by atoms with E-state index in [4.69, 9.17) is 4.74 Å². The van der Waals surface area contributed by atoms with Gasteiger partial charge in [0.05, 0.1) is 16.9 Å². The molecular weight excluding hydrogens is 413 g/mol. The van der Waals surface area contributed by atoms with E-state index in [1.54, 1.807) is 30.7 Å². The van der Waals surface area contributed by atoms with Gasteiger partial charge >= 0.3 is 0 Å².